The van der Waals surface area contributed by atoms with Gasteiger partial charge >= 0.3 is 0 Å². The van der Waals surface area contributed by atoms with Crippen LogP contribution in [0.5, 0.6) is 0 Å². The molecule has 1 amide bonds. The smallest absolute Gasteiger partial charge is 0.246 e. The summed E-state index contributed by atoms with van der Waals surface area (Å²) in [5, 5.41) is 8.62. The molecular weight excluding hydrogens is 531 g/mol. The predicted molar refractivity (Wildman–Crippen MR) is 143 cm³/mol. The quantitative estimate of drug-likeness (QED) is 0.293. The van der Waals surface area contributed by atoms with E-state index in [0.717, 1.165) is 40.5 Å². The standard InChI is InChI=1S/C23H30N8O.HI/c1-5-24-23(30-10-11-31(22(32)16-30)18-14-26-29(4)15-18)25-13-17-12-21(28(2)3)27-20-9-7-6-8-19(17)20;/h6-9,12,14-15H,5,10-11,13,16H2,1-4H3,(H,24,25);1H. The molecule has 176 valence electrons. The lowest BCUT2D eigenvalue weighted by Crippen LogP contribution is -2.55. The number of aryl methyl sites for hydroxylation is 1. The van der Waals surface area contributed by atoms with E-state index in [4.69, 9.17) is 9.98 Å². The molecule has 1 aliphatic heterocycles. The number of amides is 1. The molecule has 0 unspecified atom stereocenters. The molecule has 33 heavy (non-hydrogen) atoms. The largest absolute Gasteiger partial charge is 0.363 e. The van der Waals surface area contributed by atoms with Crippen LogP contribution in [-0.4, -0.2) is 71.8 Å². The first kappa shape index (κ1) is 24.7. The molecule has 3 heterocycles. The lowest BCUT2D eigenvalue weighted by molar-refractivity contribution is -0.120. The van der Waals surface area contributed by atoms with Gasteiger partial charge in [0, 0.05) is 52.4 Å². The predicted octanol–water partition coefficient (Wildman–Crippen LogP) is 2.47. The zero-order valence-corrected chi connectivity index (χ0v) is 21.9. The SMILES string of the molecule is CCNC(=NCc1cc(N(C)C)nc2ccccc12)N1CCN(c2cnn(C)c2)C(=O)C1.I. The molecule has 1 saturated heterocycles. The Morgan fingerprint density at radius 3 is 2.70 bits per heavy atom. The van der Waals surface area contributed by atoms with Crippen LogP contribution in [0, 0.1) is 0 Å². The molecular formula is C23H31IN8O. The number of halogens is 1. The first-order valence-electron chi connectivity index (χ1n) is 10.8. The summed E-state index contributed by atoms with van der Waals surface area (Å²) in [5.41, 5.74) is 2.89. The van der Waals surface area contributed by atoms with Crippen molar-refractivity contribution in [2.45, 2.75) is 13.5 Å². The number of anilines is 2. The number of nitrogens with one attached hydrogen (secondary N) is 1. The van der Waals surface area contributed by atoms with Crippen molar-refractivity contribution < 1.29 is 4.79 Å². The zero-order chi connectivity index (χ0) is 22.7. The van der Waals surface area contributed by atoms with Gasteiger partial charge in [0.25, 0.3) is 0 Å². The van der Waals surface area contributed by atoms with E-state index in [1.54, 1.807) is 15.8 Å². The first-order chi connectivity index (χ1) is 15.5. The third-order valence-corrected chi connectivity index (χ3v) is 5.50. The average molecular weight is 562 g/mol. The van der Waals surface area contributed by atoms with Crippen molar-refractivity contribution in [3.05, 3.63) is 48.3 Å². The summed E-state index contributed by atoms with van der Waals surface area (Å²) >= 11 is 0. The van der Waals surface area contributed by atoms with Crippen LogP contribution < -0.4 is 15.1 Å². The summed E-state index contributed by atoms with van der Waals surface area (Å²) < 4.78 is 1.71. The average Bonchev–Trinajstić information content (AvgIpc) is 3.22. The van der Waals surface area contributed by atoms with E-state index in [-0.39, 0.29) is 36.4 Å². The second-order valence-corrected chi connectivity index (χ2v) is 8.06. The molecule has 0 spiro atoms. The highest BCUT2D eigenvalue weighted by Crippen LogP contribution is 2.23. The Balaban J connectivity index is 0.00000306. The van der Waals surface area contributed by atoms with E-state index in [0.29, 0.717) is 19.6 Å². The molecule has 2 aromatic heterocycles. The van der Waals surface area contributed by atoms with Crippen LogP contribution in [0.15, 0.2) is 47.7 Å². The molecule has 0 radical (unpaired) electrons. The maximum atomic E-state index is 12.8. The number of guanidine groups is 1. The number of aliphatic imine (C=N–C) groups is 1. The lowest BCUT2D eigenvalue weighted by Gasteiger charge is -2.35. The lowest BCUT2D eigenvalue weighted by atomic mass is 10.1. The maximum absolute atomic E-state index is 12.8. The summed E-state index contributed by atoms with van der Waals surface area (Å²) in [6.07, 6.45) is 3.59. The fourth-order valence-electron chi connectivity index (χ4n) is 3.85. The van der Waals surface area contributed by atoms with Gasteiger partial charge in [0.05, 0.1) is 23.9 Å². The van der Waals surface area contributed by atoms with Crippen LogP contribution in [0.25, 0.3) is 10.9 Å². The van der Waals surface area contributed by atoms with Gasteiger partial charge in [-0.3, -0.25) is 9.48 Å². The van der Waals surface area contributed by atoms with Crippen molar-refractivity contribution in [2.24, 2.45) is 12.0 Å². The molecule has 9 nitrogen and oxygen atoms in total. The molecule has 0 atom stereocenters. The highest BCUT2D eigenvalue weighted by Gasteiger charge is 2.27. The number of aromatic nitrogens is 3. The number of carbonyl (C=O) groups excluding carboxylic acids is 1. The second-order valence-electron chi connectivity index (χ2n) is 8.06. The normalized spacial score (nSPS) is 14.4. The van der Waals surface area contributed by atoms with E-state index in [1.165, 1.54) is 0 Å². The minimum atomic E-state index is 0. The molecule has 10 heteroatoms. The van der Waals surface area contributed by atoms with Gasteiger partial charge in [-0.05, 0) is 24.6 Å². The van der Waals surface area contributed by atoms with Crippen LogP contribution in [0.1, 0.15) is 12.5 Å². The van der Waals surface area contributed by atoms with Crippen LogP contribution in [0.3, 0.4) is 0 Å². The summed E-state index contributed by atoms with van der Waals surface area (Å²) in [4.78, 5) is 28.3. The van der Waals surface area contributed by atoms with Gasteiger partial charge in [-0.15, -0.1) is 24.0 Å². The highest BCUT2D eigenvalue weighted by molar-refractivity contribution is 14.0. The third-order valence-electron chi connectivity index (χ3n) is 5.50. The van der Waals surface area contributed by atoms with Crippen molar-refractivity contribution in [3.8, 4) is 0 Å². The fraction of sp³-hybridized carbons (Fsp3) is 0.391. The number of benzene rings is 1. The Bertz CT molecular complexity index is 1140. The number of piperazine rings is 1. The van der Waals surface area contributed by atoms with Gasteiger partial charge in [-0.1, -0.05) is 18.2 Å². The number of para-hydroxylation sites is 1. The van der Waals surface area contributed by atoms with E-state index < -0.39 is 0 Å². The Morgan fingerprint density at radius 2 is 2.03 bits per heavy atom. The highest BCUT2D eigenvalue weighted by atomic mass is 127. The van der Waals surface area contributed by atoms with Gasteiger partial charge in [0.15, 0.2) is 5.96 Å². The summed E-state index contributed by atoms with van der Waals surface area (Å²) in [6.45, 7) is 4.85. The summed E-state index contributed by atoms with van der Waals surface area (Å²) in [6, 6.07) is 10.2. The molecule has 0 saturated carbocycles. The van der Waals surface area contributed by atoms with Crippen molar-refractivity contribution in [1.29, 1.82) is 0 Å². The zero-order valence-electron chi connectivity index (χ0n) is 19.5. The Hall–Kier alpha value is -2.89. The topological polar surface area (TPSA) is 81.9 Å². The molecule has 4 rings (SSSR count). The second kappa shape index (κ2) is 10.8. The van der Waals surface area contributed by atoms with Gasteiger partial charge < -0.3 is 20.0 Å². The van der Waals surface area contributed by atoms with Gasteiger partial charge in [0.2, 0.25) is 5.91 Å². The molecule has 0 aliphatic carbocycles. The number of hydrogen-bond donors (Lipinski definition) is 1. The third kappa shape index (κ3) is 5.55. The first-order valence-corrected chi connectivity index (χ1v) is 10.8. The van der Waals surface area contributed by atoms with E-state index in [1.807, 2.05) is 62.3 Å². The Morgan fingerprint density at radius 1 is 1.24 bits per heavy atom. The Kier molecular flexibility index (Phi) is 8.11. The minimum absolute atomic E-state index is 0. The van der Waals surface area contributed by atoms with Crippen LogP contribution in [0.4, 0.5) is 11.5 Å². The Labute approximate surface area is 211 Å². The van der Waals surface area contributed by atoms with Gasteiger partial charge in [-0.2, -0.15) is 5.10 Å². The van der Waals surface area contributed by atoms with Crippen LogP contribution >= 0.6 is 24.0 Å². The molecule has 1 aromatic carbocycles. The number of hydrogen-bond acceptors (Lipinski definition) is 5. The molecule has 1 aliphatic rings. The van der Waals surface area contributed by atoms with Crippen molar-refractivity contribution in [2.75, 3.05) is 50.1 Å². The molecule has 0 bridgehead atoms. The van der Waals surface area contributed by atoms with E-state index in [2.05, 4.69) is 22.5 Å². The number of pyridine rings is 1. The van der Waals surface area contributed by atoms with Gasteiger partial charge in [-0.25, -0.2) is 9.98 Å². The van der Waals surface area contributed by atoms with Crippen LogP contribution in [-0.2, 0) is 18.4 Å². The fourth-order valence-corrected chi connectivity index (χ4v) is 3.85. The van der Waals surface area contributed by atoms with Crippen molar-refractivity contribution in [1.82, 2.24) is 25.0 Å². The monoisotopic (exact) mass is 562 g/mol. The van der Waals surface area contributed by atoms with E-state index in [9.17, 15) is 4.79 Å². The van der Waals surface area contributed by atoms with E-state index >= 15 is 0 Å². The van der Waals surface area contributed by atoms with Crippen molar-refractivity contribution in [3.63, 3.8) is 0 Å². The minimum Gasteiger partial charge on any atom is -0.363 e. The number of nitrogens with zero attached hydrogens (tertiary/aromatic N) is 7. The molecule has 1 fully saturated rings. The number of rotatable bonds is 5. The number of carbonyl (C=O) groups is 1. The van der Waals surface area contributed by atoms with Crippen LogP contribution in [0.2, 0.25) is 0 Å². The van der Waals surface area contributed by atoms with Crippen molar-refractivity contribution >= 4 is 58.3 Å². The maximum Gasteiger partial charge on any atom is 0.246 e. The van der Waals surface area contributed by atoms with Gasteiger partial charge in [0.1, 0.15) is 12.4 Å². The molecule has 3 aromatic rings. The number of fused-ring (bicyclic) bond motifs is 1. The summed E-state index contributed by atoms with van der Waals surface area (Å²) in [7, 11) is 5.83. The summed E-state index contributed by atoms with van der Waals surface area (Å²) in [5.74, 6) is 1.69. The molecule has 1 N–H and O–H groups in total.